The van der Waals surface area contributed by atoms with E-state index in [2.05, 4.69) is 0 Å². The number of carbonyl (C=O) groups excluding carboxylic acids is 1. The number of hydrogen-bond donors (Lipinski definition) is 2. The summed E-state index contributed by atoms with van der Waals surface area (Å²) < 4.78 is 18.5. The van der Waals surface area contributed by atoms with Crippen LogP contribution in [-0.2, 0) is 0 Å². The third-order valence-electron chi connectivity index (χ3n) is 3.74. The number of aliphatic hydroxyl groups is 1. The van der Waals surface area contributed by atoms with Crippen molar-refractivity contribution >= 4 is 16.8 Å². The lowest BCUT2D eigenvalue weighted by Crippen LogP contribution is -2.11. The number of nitrogens with two attached hydrogens (primary N) is 1. The zero-order valence-corrected chi connectivity index (χ0v) is 12.3. The maximum Gasteiger partial charge on any atom is 0.228 e. The number of aliphatic hydroxyl groups excluding tert-OH is 1. The Balaban J connectivity index is 1.93. The van der Waals surface area contributed by atoms with Crippen molar-refractivity contribution in [1.29, 1.82) is 0 Å². The fraction of sp³-hybridized carbons (Fsp3) is 0.167. The van der Waals surface area contributed by atoms with E-state index in [4.69, 9.17) is 15.3 Å². The molecule has 3 aromatic rings. The summed E-state index contributed by atoms with van der Waals surface area (Å²) in [5, 5.41) is 9.73. The number of hydrogen-bond acceptors (Lipinski definition) is 4. The highest BCUT2D eigenvalue weighted by Gasteiger charge is 2.16. The monoisotopic (exact) mass is 313 g/mol. The van der Waals surface area contributed by atoms with Crippen molar-refractivity contribution in [3.8, 4) is 0 Å². The van der Waals surface area contributed by atoms with Crippen LogP contribution in [0.2, 0.25) is 0 Å². The Morgan fingerprint density at radius 3 is 2.61 bits per heavy atom. The van der Waals surface area contributed by atoms with Crippen molar-refractivity contribution < 1.29 is 18.7 Å². The van der Waals surface area contributed by atoms with E-state index >= 15 is 0 Å². The van der Waals surface area contributed by atoms with Crippen molar-refractivity contribution in [3.63, 3.8) is 0 Å². The second-order valence-corrected chi connectivity index (χ2v) is 5.36. The van der Waals surface area contributed by atoms with E-state index in [9.17, 15) is 9.18 Å². The smallest absolute Gasteiger partial charge is 0.228 e. The molecule has 1 aromatic heterocycles. The van der Waals surface area contributed by atoms with Crippen LogP contribution in [0.15, 0.2) is 52.9 Å². The first-order valence-corrected chi connectivity index (χ1v) is 7.28. The largest absolute Gasteiger partial charge is 0.453 e. The standard InChI is InChI=1S/C18H16FNO3/c19-14-4-1-11(2-5-14)18(22)17-10-13-9-12(15(20)7-8-21)3-6-16(13)23-17/h1-6,9-10,15,21H,7-8,20H2. The number of benzene rings is 2. The fourth-order valence-electron chi connectivity index (χ4n) is 2.45. The average Bonchev–Trinajstić information content (AvgIpc) is 2.98. The molecule has 0 aliphatic rings. The number of rotatable bonds is 5. The molecule has 5 heteroatoms. The lowest BCUT2D eigenvalue weighted by atomic mass is 10.0. The number of carbonyl (C=O) groups is 1. The maximum absolute atomic E-state index is 12.9. The summed E-state index contributed by atoms with van der Waals surface area (Å²) >= 11 is 0. The molecule has 0 fully saturated rings. The first kappa shape index (κ1) is 15.4. The minimum atomic E-state index is -0.395. The molecule has 0 spiro atoms. The average molecular weight is 313 g/mol. The molecule has 0 saturated heterocycles. The van der Waals surface area contributed by atoms with Crippen molar-refractivity contribution in [3.05, 3.63) is 71.2 Å². The molecule has 1 unspecified atom stereocenters. The zero-order chi connectivity index (χ0) is 16.4. The first-order chi connectivity index (χ1) is 11.1. The summed E-state index contributed by atoms with van der Waals surface area (Å²) in [5.74, 6) is -0.504. The van der Waals surface area contributed by atoms with Gasteiger partial charge in [0.25, 0.3) is 0 Å². The van der Waals surface area contributed by atoms with Gasteiger partial charge in [-0.15, -0.1) is 0 Å². The van der Waals surface area contributed by atoms with Gasteiger partial charge >= 0.3 is 0 Å². The highest BCUT2D eigenvalue weighted by Crippen LogP contribution is 2.25. The molecule has 4 nitrogen and oxygen atoms in total. The van der Waals surface area contributed by atoms with Crippen molar-refractivity contribution in [2.75, 3.05) is 6.61 Å². The Labute approximate surface area is 132 Å². The van der Waals surface area contributed by atoms with E-state index in [1.165, 1.54) is 24.3 Å². The van der Waals surface area contributed by atoms with Crippen LogP contribution >= 0.6 is 0 Å². The Morgan fingerprint density at radius 1 is 1.17 bits per heavy atom. The SMILES string of the molecule is NC(CCO)c1ccc2oc(C(=O)c3ccc(F)cc3)cc2c1. The van der Waals surface area contributed by atoms with E-state index in [1.807, 2.05) is 12.1 Å². The topological polar surface area (TPSA) is 76.5 Å². The fourth-order valence-corrected chi connectivity index (χ4v) is 2.45. The van der Waals surface area contributed by atoms with Crippen LogP contribution in [0, 0.1) is 5.82 Å². The third-order valence-corrected chi connectivity index (χ3v) is 3.74. The zero-order valence-electron chi connectivity index (χ0n) is 12.3. The van der Waals surface area contributed by atoms with E-state index < -0.39 is 5.82 Å². The van der Waals surface area contributed by atoms with Crippen LogP contribution in [0.3, 0.4) is 0 Å². The van der Waals surface area contributed by atoms with Gasteiger partial charge in [0.05, 0.1) is 0 Å². The summed E-state index contributed by atoms with van der Waals surface area (Å²) in [6.45, 7) is 0.0128. The van der Waals surface area contributed by atoms with Gasteiger partial charge in [-0.25, -0.2) is 4.39 Å². The summed E-state index contributed by atoms with van der Waals surface area (Å²) in [5.41, 5.74) is 7.79. The molecule has 0 bridgehead atoms. The number of halogens is 1. The minimum absolute atomic E-state index is 0.0128. The predicted octanol–water partition coefficient (Wildman–Crippen LogP) is 3.19. The quantitative estimate of drug-likeness (QED) is 0.709. The van der Waals surface area contributed by atoms with Crippen molar-refractivity contribution in [2.24, 2.45) is 5.73 Å². The van der Waals surface area contributed by atoms with Crippen LogP contribution in [0.25, 0.3) is 11.0 Å². The third kappa shape index (κ3) is 3.16. The molecule has 3 N–H and O–H groups in total. The predicted molar refractivity (Wildman–Crippen MR) is 84.7 cm³/mol. The maximum atomic E-state index is 12.9. The molecular weight excluding hydrogens is 297 g/mol. The first-order valence-electron chi connectivity index (χ1n) is 7.28. The van der Waals surface area contributed by atoms with Crippen LogP contribution < -0.4 is 5.73 Å². The van der Waals surface area contributed by atoms with Gasteiger partial charge in [0.2, 0.25) is 5.78 Å². The van der Waals surface area contributed by atoms with Crippen LogP contribution in [-0.4, -0.2) is 17.5 Å². The van der Waals surface area contributed by atoms with Gasteiger partial charge in [0, 0.05) is 23.6 Å². The number of furan rings is 1. The molecular formula is C18H16FNO3. The summed E-state index contributed by atoms with van der Waals surface area (Å²) in [6, 6.07) is 12.1. The summed E-state index contributed by atoms with van der Waals surface area (Å²) in [6.07, 6.45) is 0.463. The molecule has 1 atom stereocenters. The van der Waals surface area contributed by atoms with E-state index in [-0.39, 0.29) is 24.2 Å². The van der Waals surface area contributed by atoms with Gasteiger partial charge < -0.3 is 15.3 Å². The molecule has 3 rings (SSSR count). The number of fused-ring (bicyclic) bond motifs is 1. The van der Waals surface area contributed by atoms with Gasteiger partial charge in [-0.3, -0.25) is 4.79 Å². The lowest BCUT2D eigenvalue weighted by Gasteiger charge is -2.09. The lowest BCUT2D eigenvalue weighted by molar-refractivity contribution is 0.101. The van der Waals surface area contributed by atoms with Crippen LogP contribution in [0.5, 0.6) is 0 Å². The molecule has 118 valence electrons. The van der Waals surface area contributed by atoms with Gasteiger partial charge in [-0.05, 0) is 54.4 Å². The van der Waals surface area contributed by atoms with E-state index in [0.717, 1.165) is 10.9 Å². The minimum Gasteiger partial charge on any atom is -0.453 e. The molecule has 1 heterocycles. The molecule has 2 aromatic carbocycles. The molecule has 0 aliphatic heterocycles. The van der Waals surface area contributed by atoms with E-state index in [0.29, 0.717) is 17.6 Å². The Kier molecular flexibility index (Phi) is 4.23. The molecule has 0 saturated carbocycles. The highest BCUT2D eigenvalue weighted by atomic mass is 19.1. The summed E-state index contributed by atoms with van der Waals surface area (Å²) in [7, 11) is 0. The molecule has 23 heavy (non-hydrogen) atoms. The van der Waals surface area contributed by atoms with Gasteiger partial charge in [0.15, 0.2) is 5.76 Å². The normalized spacial score (nSPS) is 12.5. The Bertz CT molecular complexity index is 839. The Hall–Kier alpha value is -2.50. The molecule has 0 radical (unpaired) electrons. The van der Waals surface area contributed by atoms with Crippen molar-refractivity contribution in [2.45, 2.75) is 12.5 Å². The second kappa shape index (κ2) is 6.32. The van der Waals surface area contributed by atoms with E-state index in [1.54, 1.807) is 12.1 Å². The van der Waals surface area contributed by atoms with Gasteiger partial charge in [-0.2, -0.15) is 0 Å². The van der Waals surface area contributed by atoms with Gasteiger partial charge in [-0.1, -0.05) is 6.07 Å². The van der Waals surface area contributed by atoms with Crippen LogP contribution in [0.4, 0.5) is 4.39 Å². The summed E-state index contributed by atoms with van der Waals surface area (Å²) in [4.78, 5) is 12.4. The Morgan fingerprint density at radius 2 is 1.91 bits per heavy atom. The van der Waals surface area contributed by atoms with Crippen molar-refractivity contribution in [1.82, 2.24) is 0 Å². The second-order valence-electron chi connectivity index (χ2n) is 5.36. The van der Waals surface area contributed by atoms with Gasteiger partial charge in [0.1, 0.15) is 11.4 Å². The molecule has 0 amide bonds. The highest BCUT2D eigenvalue weighted by molar-refractivity contribution is 6.09. The van der Waals surface area contributed by atoms with Crippen LogP contribution in [0.1, 0.15) is 34.1 Å². The number of ketones is 1. The molecule has 0 aliphatic carbocycles.